The van der Waals surface area contributed by atoms with Crippen LogP contribution in [0.5, 0.6) is 5.75 Å². The topological polar surface area (TPSA) is 129 Å². The maximum Gasteiger partial charge on any atom is 0.320 e. The lowest BCUT2D eigenvalue weighted by Crippen LogP contribution is -2.39. The second kappa shape index (κ2) is 8.86. The number of benzene rings is 1. The molecule has 1 aromatic heterocycles. The SMILES string of the molecule is COc1cccc([C@@H](C)NC(=O)CNC(=O)Nc2ccc(C(=N)N)s2)c1. The quantitative estimate of drug-likeness (QED) is 0.374. The van der Waals surface area contributed by atoms with Crippen molar-refractivity contribution >= 4 is 34.1 Å². The van der Waals surface area contributed by atoms with Crippen LogP contribution in [0.3, 0.4) is 0 Å². The third kappa shape index (κ3) is 5.49. The van der Waals surface area contributed by atoms with Crippen molar-refractivity contribution in [2.45, 2.75) is 13.0 Å². The summed E-state index contributed by atoms with van der Waals surface area (Å²) in [4.78, 5) is 24.4. The van der Waals surface area contributed by atoms with Crippen LogP contribution in [0.4, 0.5) is 9.80 Å². The van der Waals surface area contributed by atoms with Crippen molar-refractivity contribution in [3.63, 3.8) is 0 Å². The first-order valence-corrected chi connectivity index (χ1v) is 8.63. The van der Waals surface area contributed by atoms with Crippen molar-refractivity contribution in [3.05, 3.63) is 46.8 Å². The zero-order chi connectivity index (χ0) is 19.1. The molecular formula is C17H21N5O3S. The zero-order valence-corrected chi connectivity index (χ0v) is 15.3. The van der Waals surface area contributed by atoms with Gasteiger partial charge in [0.2, 0.25) is 5.91 Å². The first kappa shape index (κ1) is 19.3. The van der Waals surface area contributed by atoms with Gasteiger partial charge in [-0.3, -0.25) is 15.5 Å². The van der Waals surface area contributed by atoms with E-state index in [1.165, 1.54) is 11.3 Å². The number of urea groups is 1. The summed E-state index contributed by atoms with van der Waals surface area (Å²) in [5.41, 5.74) is 6.27. The summed E-state index contributed by atoms with van der Waals surface area (Å²) < 4.78 is 5.16. The second-order valence-corrected chi connectivity index (χ2v) is 6.53. The van der Waals surface area contributed by atoms with Gasteiger partial charge in [0.25, 0.3) is 0 Å². The van der Waals surface area contributed by atoms with Gasteiger partial charge in [0, 0.05) is 0 Å². The number of rotatable bonds is 7. The predicted molar refractivity (Wildman–Crippen MR) is 102 cm³/mol. The largest absolute Gasteiger partial charge is 0.497 e. The highest BCUT2D eigenvalue weighted by Gasteiger charge is 2.12. The Kier molecular flexibility index (Phi) is 6.56. The minimum atomic E-state index is -0.508. The molecule has 0 aliphatic rings. The fourth-order valence-electron chi connectivity index (χ4n) is 2.15. The first-order valence-electron chi connectivity index (χ1n) is 7.81. The van der Waals surface area contributed by atoms with E-state index in [4.69, 9.17) is 15.9 Å². The van der Waals surface area contributed by atoms with E-state index in [-0.39, 0.29) is 24.3 Å². The van der Waals surface area contributed by atoms with Crippen LogP contribution in [0.2, 0.25) is 0 Å². The molecule has 9 heteroatoms. The number of nitrogen functional groups attached to an aromatic ring is 1. The Balaban J connectivity index is 1.79. The number of methoxy groups -OCH3 is 1. The van der Waals surface area contributed by atoms with Crippen molar-refractivity contribution in [3.8, 4) is 5.75 Å². The van der Waals surface area contributed by atoms with E-state index < -0.39 is 6.03 Å². The van der Waals surface area contributed by atoms with Crippen LogP contribution in [0.25, 0.3) is 0 Å². The van der Waals surface area contributed by atoms with E-state index >= 15 is 0 Å². The molecule has 0 radical (unpaired) electrons. The number of carbonyl (C=O) groups excluding carboxylic acids is 2. The number of hydrogen-bond donors (Lipinski definition) is 5. The van der Waals surface area contributed by atoms with Gasteiger partial charge in [-0.05, 0) is 36.8 Å². The van der Waals surface area contributed by atoms with Gasteiger partial charge in [0.1, 0.15) is 11.6 Å². The van der Waals surface area contributed by atoms with Gasteiger partial charge in [0.15, 0.2) is 0 Å². The Morgan fingerprint density at radius 2 is 2.08 bits per heavy atom. The van der Waals surface area contributed by atoms with Gasteiger partial charge in [-0.1, -0.05) is 12.1 Å². The normalized spacial score (nSPS) is 11.3. The molecule has 0 saturated carbocycles. The van der Waals surface area contributed by atoms with Crippen LogP contribution in [-0.2, 0) is 4.79 Å². The van der Waals surface area contributed by atoms with E-state index in [0.29, 0.717) is 15.6 Å². The number of thiophene rings is 1. The number of amides is 3. The van der Waals surface area contributed by atoms with Crippen molar-refractivity contribution in [2.75, 3.05) is 19.0 Å². The van der Waals surface area contributed by atoms with Crippen LogP contribution >= 0.6 is 11.3 Å². The van der Waals surface area contributed by atoms with Gasteiger partial charge in [0.05, 0.1) is 29.6 Å². The van der Waals surface area contributed by atoms with Crippen LogP contribution in [0.15, 0.2) is 36.4 Å². The lowest BCUT2D eigenvalue weighted by atomic mass is 10.1. The highest BCUT2D eigenvalue weighted by atomic mass is 32.1. The molecule has 1 atom stereocenters. The van der Waals surface area contributed by atoms with E-state index in [1.54, 1.807) is 19.2 Å². The molecule has 0 bridgehead atoms. The lowest BCUT2D eigenvalue weighted by molar-refractivity contribution is -0.120. The average molecular weight is 375 g/mol. The zero-order valence-electron chi connectivity index (χ0n) is 14.5. The molecule has 0 aliphatic heterocycles. The maximum absolute atomic E-state index is 12.0. The molecule has 6 N–H and O–H groups in total. The minimum absolute atomic E-state index is 0.0608. The molecule has 26 heavy (non-hydrogen) atoms. The molecule has 8 nitrogen and oxygen atoms in total. The van der Waals surface area contributed by atoms with E-state index in [2.05, 4.69) is 16.0 Å². The van der Waals surface area contributed by atoms with Crippen molar-refractivity contribution < 1.29 is 14.3 Å². The summed E-state index contributed by atoms with van der Waals surface area (Å²) in [6.07, 6.45) is 0. The number of nitrogens with two attached hydrogens (primary N) is 1. The molecule has 0 unspecified atom stereocenters. The minimum Gasteiger partial charge on any atom is -0.497 e. The summed E-state index contributed by atoms with van der Waals surface area (Å²) in [7, 11) is 1.58. The van der Waals surface area contributed by atoms with E-state index in [9.17, 15) is 9.59 Å². The highest BCUT2D eigenvalue weighted by molar-refractivity contribution is 7.18. The van der Waals surface area contributed by atoms with E-state index in [0.717, 1.165) is 5.56 Å². The van der Waals surface area contributed by atoms with E-state index in [1.807, 2.05) is 31.2 Å². The molecule has 0 saturated heterocycles. The summed E-state index contributed by atoms with van der Waals surface area (Å²) in [5, 5.41) is 15.8. The predicted octanol–water partition coefficient (Wildman–Crippen LogP) is 2.04. The Bertz CT molecular complexity index is 805. The molecule has 3 amide bonds. The Labute approximate surface area is 155 Å². The molecule has 138 valence electrons. The van der Waals surface area contributed by atoms with Crippen LogP contribution in [0.1, 0.15) is 23.4 Å². The second-order valence-electron chi connectivity index (χ2n) is 5.45. The highest BCUT2D eigenvalue weighted by Crippen LogP contribution is 2.21. The molecule has 1 heterocycles. The summed E-state index contributed by atoms with van der Waals surface area (Å²) in [6.45, 7) is 1.69. The lowest BCUT2D eigenvalue weighted by Gasteiger charge is -2.15. The molecular weight excluding hydrogens is 354 g/mol. The summed E-state index contributed by atoms with van der Waals surface area (Å²) in [5.74, 6) is 0.336. The molecule has 2 aromatic rings. The van der Waals surface area contributed by atoms with Crippen molar-refractivity contribution in [2.24, 2.45) is 5.73 Å². The molecule has 0 aliphatic carbocycles. The smallest absolute Gasteiger partial charge is 0.320 e. The number of nitrogens with one attached hydrogen (secondary N) is 4. The van der Waals surface area contributed by atoms with Crippen LogP contribution in [-0.4, -0.2) is 31.4 Å². The number of hydrogen-bond acceptors (Lipinski definition) is 5. The average Bonchev–Trinajstić information content (AvgIpc) is 3.08. The number of ether oxygens (including phenoxy) is 1. The fraction of sp³-hybridized carbons (Fsp3) is 0.235. The third-order valence-electron chi connectivity index (χ3n) is 3.49. The van der Waals surface area contributed by atoms with Gasteiger partial charge < -0.3 is 21.1 Å². The van der Waals surface area contributed by atoms with Crippen LogP contribution in [0, 0.1) is 5.41 Å². The first-order chi connectivity index (χ1) is 12.4. The molecule has 2 rings (SSSR count). The summed E-state index contributed by atoms with van der Waals surface area (Å²) >= 11 is 1.18. The van der Waals surface area contributed by atoms with Gasteiger partial charge in [-0.2, -0.15) is 0 Å². The molecule has 1 aromatic carbocycles. The van der Waals surface area contributed by atoms with Gasteiger partial charge >= 0.3 is 6.03 Å². The van der Waals surface area contributed by atoms with Gasteiger partial charge in [-0.15, -0.1) is 11.3 Å². The van der Waals surface area contributed by atoms with Crippen molar-refractivity contribution in [1.29, 1.82) is 5.41 Å². The maximum atomic E-state index is 12.0. The molecule has 0 fully saturated rings. The Morgan fingerprint density at radius 1 is 1.31 bits per heavy atom. The monoisotopic (exact) mass is 375 g/mol. The standard InChI is InChI=1S/C17H21N5O3S/c1-10(11-4-3-5-12(8-11)25-2)21-14(23)9-20-17(24)22-15-7-6-13(26-15)16(18)19/h3-8,10H,9H2,1-2H3,(H3,18,19)(H,21,23)(H2,20,22,24)/t10-/m1/s1. The fourth-order valence-corrected chi connectivity index (χ4v) is 2.92. The molecule has 0 spiro atoms. The van der Waals surface area contributed by atoms with Crippen LogP contribution < -0.4 is 26.4 Å². The number of anilines is 1. The van der Waals surface area contributed by atoms with Gasteiger partial charge in [-0.25, -0.2) is 4.79 Å². The summed E-state index contributed by atoms with van der Waals surface area (Å²) in [6, 6.07) is 9.96. The number of carbonyl (C=O) groups is 2. The number of amidine groups is 1. The Morgan fingerprint density at radius 3 is 2.73 bits per heavy atom. The Hall–Kier alpha value is -3.07. The van der Waals surface area contributed by atoms with Crippen molar-refractivity contribution in [1.82, 2.24) is 10.6 Å². The third-order valence-corrected chi connectivity index (χ3v) is 4.52.